The zero-order valence-corrected chi connectivity index (χ0v) is 10.5. The van der Waals surface area contributed by atoms with E-state index >= 15 is 0 Å². The van der Waals surface area contributed by atoms with Crippen LogP contribution >= 0.6 is 0 Å². The maximum Gasteiger partial charge on any atom is 0.245 e. The second-order valence-electron chi connectivity index (χ2n) is 4.95. The van der Waals surface area contributed by atoms with Crippen molar-refractivity contribution in [2.75, 3.05) is 13.1 Å². The number of ether oxygens (including phenoxy) is 1. The van der Waals surface area contributed by atoms with E-state index in [1.165, 1.54) is 5.56 Å². The van der Waals surface area contributed by atoms with Gasteiger partial charge in [-0.15, -0.1) is 0 Å². The highest BCUT2D eigenvalue weighted by Gasteiger charge is 2.72. The third kappa shape index (κ3) is 1.31. The number of benzene rings is 1. The normalized spacial score (nSPS) is 33.5. The molecule has 2 aliphatic heterocycles. The number of hydrogen-bond donors (Lipinski definition) is 1. The van der Waals surface area contributed by atoms with Crippen molar-refractivity contribution in [2.45, 2.75) is 25.0 Å². The highest BCUT2D eigenvalue weighted by Crippen LogP contribution is 2.56. The molecular formula is C14H15N3O. The largest absolute Gasteiger partial charge is 0.368 e. The van der Waals surface area contributed by atoms with Crippen molar-refractivity contribution in [1.29, 1.82) is 5.26 Å². The summed E-state index contributed by atoms with van der Waals surface area (Å²) in [5, 5.41) is 12.6. The second-order valence-corrected chi connectivity index (χ2v) is 4.95. The van der Waals surface area contributed by atoms with Gasteiger partial charge in [-0.3, -0.25) is 4.99 Å². The lowest BCUT2D eigenvalue weighted by molar-refractivity contribution is 0.311. The summed E-state index contributed by atoms with van der Waals surface area (Å²) in [7, 11) is 0. The van der Waals surface area contributed by atoms with Crippen molar-refractivity contribution in [2.24, 2.45) is 4.99 Å². The van der Waals surface area contributed by atoms with Gasteiger partial charge in [0.25, 0.3) is 0 Å². The van der Waals surface area contributed by atoms with E-state index in [0.29, 0.717) is 12.4 Å². The van der Waals surface area contributed by atoms with Crippen LogP contribution in [0.15, 0.2) is 29.3 Å². The van der Waals surface area contributed by atoms with Gasteiger partial charge in [0, 0.05) is 6.54 Å². The van der Waals surface area contributed by atoms with E-state index in [0.717, 1.165) is 12.1 Å². The highest BCUT2D eigenvalue weighted by molar-refractivity contribution is 5.98. The van der Waals surface area contributed by atoms with Crippen molar-refractivity contribution in [1.82, 2.24) is 5.32 Å². The fourth-order valence-corrected chi connectivity index (χ4v) is 2.50. The number of nitrogens with zero attached hydrogens (tertiary/aromatic N) is 2. The van der Waals surface area contributed by atoms with Gasteiger partial charge in [-0.05, 0) is 19.4 Å². The molecule has 18 heavy (non-hydrogen) atoms. The van der Waals surface area contributed by atoms with Crippen LogP contribution in [0.3, 0.4) is 0 Å². The average Bonchev–Trinajstić information content (AvgIpc) is 2.79. The molecule has 1 aromatic carbocycles. The van der Waals surface area contributed by atoms with Crippen molar-refractivity contribution < 1.29 is 4.74 Å². The zero-order valence-electron chi connectivity index (χ0n) is 10.5. The monoisotopic (exact) mass is 241 g/mol. The van der Waals surface area contributed by atoms with E-state index in [4.69, 9.17) is 4.74 Å². The summed E-state index contributed by atoms with van der Waals surface area (Å²) in [6.07, 6.45) is 0. The Bertz CT molecular complexity index is 557. The molecule has 2 aliphatic rings. The minimum absolute atomic E-state index is 0.592. The van der Waals surface area contributed by atoms with Gasteiger partial charge in [0.15, 0.2) is 0 Å². The van der Waals surface area contributed by atoms with Gasteiger partial charge in [-0.25, -0.2) is 0 Å². The number of epoxide rings is 1. The number of aryl methyl sites for hydroxylation is 1. The van der Waals surface area contributed by atoms with E-state index in [9.17, 15) is 5.26 Å². The molecule has 4 heteroatoms. The average molecular weight is 241 g/mol. The summed E-state index contributed by atoms with van der Waals surface area (Å²) in [6, 6.07) is 10.4. The number of rotatable bonds is 2. The molecular weight excluding hydrogens is 226 g/mol. The molecule has 1 aromatic rings. The van der Waals surface area contributed by atoms with Crippen LogP contribution in [0.5, 0.6) is 0 Å². The number of hydrogen-bond acceptors (Lipinski definition) is 4. The smallest absolute Gasteiger partial charge is 0.245 e. The first-order valence-electron chi connectivity index (χ1n) is 6.10. The standard InChI is InChI=1S/C14H15N3O/c1-10-3-5-11(6-4-10)13(2)14(9-15,18-13)12-16-7-8-17-12/h3-6H,7-8H2,1-2H3,(H,16,17)/t13-,14-/m0/s1. The predicted octanol–water partition coefficient (Wildman–Crippen LogP) is 1.50. The molecule has 0 bridgehead atoms. The molecule has 0 spiro atoms. The lowest BCUT2D eigenvalue weighted by atomic mass is 9.87. The van der Waals surface area contributed by atoms with Gasteiger partial charge < -0.3 is 10.1 Å². The summed E-state index contributed by atoms with van der Waals surface area (Å²) in [5.74, 6) is 0.674. The Balaban J connectivity index is 1.99. The fraction of sp³-hybridized carbons (Fsp3) is 0.429. The maximum atomic E-state index is 9.47. The van der Waals surface area contributed by atoms with E-state index < -0.39 is 11.2 Å². The summed E-state index contributed by atoms with van der Waals surface area (Å²) < 4.78 is 5.80. The van der Waals surface area contributed by atoms with Gasteiger partial charge in [0.2, 0.25) is 5.60 Å². The predicted molar refractivity (Wildman–Crippen MR) is 68.3 cm³/mol. The molecule has 0 aromatic heterocycles. The molecule has 1 fully saturated rings. The molecule has 0 aliphatic carbocycles. The van der Waals surface area contributed by atoms with E-state index in [1.54, 1.807) is 0 Å². The van der Waals surface area contributed by atoms with Gasteiger partial charge in [0.05, 0.1) is 6.54 Å². The van der Waals surface area contributed by atoms with Gasteiger partial charge >= 0.3 is 0 Å². The Morgan fingerprint density at radius 1 is 1.39 bits per heavy atom. The third-order valence-corrected chi connectivity index (χ3v) is 3.75. The summed E-state index contributed by atoms with van der Waals surface area (Å²) >= 11 is 0. The first-order valence-corrected chi connectivity index (χ1v) is 6.10. The van der Waals surface area contributed by atoms with E-state index in [1.807, 2.05) is 38.1 Å². The number of amidine groups is 1. The minimum atomic E-state index is -0.932. The molecule has 0 amide bonds. The molecule has 4 nitrogen and oxygen atoms in total. The molecule has 0 saturated carbocycles. The molecule has 2 heterocycles. The zero-order chi connectivity index (χ0) is 12.8. The Kier molecular flexibility index (Phi) is 2.23. The van der Waals surface area contributed by atoms with Crippen LogP contribution in [-0.4, -0.2) is 24.5 Å². The van der Waals surface area contributed by atoms with Crippen LogP contribution in [0.4, 0.5) is 0 Å². The number of nitriles is 1. The first-order chi connectivity index (χ1) is 8.62. The Morgan fingerprint density at radius 3 is 2.67 bits per heavy atom. The van der Waals surface area contributed by atoms with Crippen molar-refractivity contribution in [3.63, 3.8) is 0 Å². The van der Waals surface area contributed by atoms with Crippen LogP contribution in [0.1, 0.15) is 18.1 Å². The SMILES string of the molecule is Cc1ccc([C@]2(C)O[C@@]2(C#N)C2=NCCN2)cc1. The minimum Gasteiger partial charge on any atom is -0.368 e. The quantitative estimate of drug-likeness (QED) is 0.798. The molecule has 1 saturated heterocycles. The van der Waals surface area contributed by atoms with Gasteiger partial charge in [-0.1, -0.05) is 29.8 Å². The van der Waals surface area contributed by atoms with Crippen molar-refractivity contribution >= 4 is 5.84 Å². The lowest BCUT2D eigenvalue weighted by Gasteiger charge is -2.11. The van der Waals surface area contributed by atoms with Crippen LogP contribution in [0.25, 0.3) is 0 Å². The number of aliphatic imine (C=N–C) groups is 1. The molecule has 2 atom stereocenters. The summed E-state index contributed by atoms with van der Waals surface area (Å²) in [6.45, 7) is 5.49. The van der Waals surface area contributed by atoms with Crippen LogP contribution in [0, 0.1) is 18.3 Å². The summed E-state index contributed by atoms with van der Waals surface area (Å²) in [5.41, 5.74) is 0.692. The lowest BCUT2D eigenvalue weighted by Crippen LogP contribution is -2.37. The Hall–Kier alpha value is -1.86. The second kappa shape index (κ2) is 3.56. The van der Waals surface area contributed by atoms with Crippen LogP contribution < -0.4 is 5.32 Å². The van der Waals surface area contributed by atoms with Crippen LogP contribution in [0.2, 0.25) is 0 Å². The van der Waals surface area contributed by atoms with E-state index in [2.05, 4.69) is 16.4 Å². The van der Waals surface area contributed by atoms with Gasteiger partial charge in [-0.2, -0.15) is 5.26 Å². The molecule has 0 radical (unpaired) electrons. The maximum absolute atomic E-state index is 9.47. The summed E-state index contributed by atoms with van der Waals surface area (Å²) in [4.78, 5) is 4.34. The molecule has 0 unspecified atom stereocenters. The molecule has 92 valence electrons. The van der Waals surface area contributed by atoms with Crippen LogP contribution in [-0.2, 0) is 10.3 Å². The van der Waals surface area contributed by atoms with Gasteiger partial charge in [0.1, 0.15) is 17.5 Å². The topological polar surface area (TPSA) is 60.7 Å². The number of nitrogens with one attached hydrogen (secondary N) is 1. The molecule has 1 N–H and O–H groups in total. The first kappa shape index (κ1) is 11.2. The fourth-order valence-electron chi connectivity index (χ4n) is 2.50. The van der Waals surface area contributed by atoms with Crippen molar-refractivity contribution in [3.05, 3.63) is 35.4 Å². The highest BCUT2D eigenvalue weighted by atomic mass is 16.6. The van der Waals surface area contributed by atoms with E-state index in [-0.39, 0.29) is 0 Å². The Labute approximate surface area is 106 Å². The Morgan fingerprint density at radius 2 is 2.11 bits per heavy atom. The third-order valence-electron chi connectivity index (χ3n) is 3.75. The van der Waals surface area contributed by atoms with Crippen molar-refractivity contribution in [3.8, 4) is 6.07 Å². The molecule has 3 rings (SSSR count).